The summed E-state index contributed by atoms with van der Waals surface area (Å²) in [4.78, 5) is 32.9. The van der Waals surface area contributed by atoms with Crippen molar-refractivity contribution < 1.29 is 23.5 Å². The Balaban J connectivity index is 1.29. The van der Waals surface area contributed by atoms with Gasteiger partial charge in [0, 0.05) is 37.6 Å². The zero-order valence-corrected chi connectivity index (χ0v) is 17.6. The highest BCUT2D eigenvalue weighted by Crippen LogP contribution is 2.20. The number of aromatic nitrogens is 2. The fourth-order valence-electron chi connectivity index (χ4n) is 3.55. The second-order valence-corrected chi connectivity index (χ2v) is 7.27. The molecule has 166 valence electrons. The van der Waals surface area contributed by atoms with Crippen molar-refractivity contribution in [3.8, 4) is 11.4 Å². The molecule has 0 radical (unpaired) electrons. The van der Waals surface area contributed by atoms with E-state index in [9.17, 15) is 14.0 Å². The average molecular weight is 438 g/mol. The number of anilines is 1. The van der Waals surface area contributed by atoms with E-state index in [1.807, 2.05) is 24.3 Å². The van der Waals surface area contributed by atoms with Crippen LogP contribution in [0.3, 0.4) is 0 Å². The SMILES string of the molecule is COc1ccc(N2CCN(C(=O)COC(=O)c3cncn3-c3ccc(F)cc3)CC2)cc1. The third-order valence-corrected chi connectivity index (χ3v) is 5.35. The lowest BCUT2D eigenvalue weighted by Gasteiger charge is -2.36. The van der Waals surface area contributed by atoms with Crippen molar-refractivity contribution in [3.63, 3.8) is 0 Å². The van der Waals surface area contributed by atoms with E-state index in [-0.39, 0.29) is 24.0 Å². The Morgan fingerprint density at radius 2 is 1.62 bits per heavy atom. The molecule has 1 aliphatic rings. The molecule has 2 aromatic carbocycles. The maximum atomic E-state index is 13.2. The number of hydrogen-bond donors (Lipinski definition) is 0. The minimum Gasteiger partial charge on any atom is -0.497 e. The van der Waals surface area contributed by atoms with Gasteiger partial charge in [-0.05, 0) is 48.5 Å². The fourth-order valence-corrected chi connectivity index (χ4v) is 3.55. The van der Waals surface area contributed by atoms with E-state index in [0.717, 1.165) is 11.4 Å². The number of carbonyl (C=O) groups excluding carboxylic acids is 2. The van der Waals surface area contributed by atoms with Gasteiger partial charge < -0.3 is 19.3 Å². The zero-order chi connectivity index (χ0) is 22.5. The molecule has 1 saturated heterocycles. The van der Waals surface area contributed by atoms with Gasteiger partial charge in [0.1, 0.15) is 11.6 Å². The smallest absolute Gasteiger partial charge is 0.357 e. The van der Waals surface area contributed by atoms with Crippen LogP contribution in [-0.2, 0) is 9.53 Å². The Labute approximate surface area is 184 Å². The molecule has 3 aromatic rings. The van der Waals surface area contributed by atoms with Crippen molar-refractivity contribution in [2.75, 3.05) is 44.8 Å². The molecule has 0 atom stereocenters. The van der Waals surface area contributed by atoms with Crippen molar-refractivity contribution in [1.82, 2.24) is 14.5 Å². The number of nitrogens with zero attached hydrogens (tertiary/aromatic N) is 4. The predicted octanol–water partition coefficient (Wildman–Crippen LogP) is 2.53. The number of hydrogen-bond acceptors (Lipinski definition) is 6. The molecule has 1 fully saturated rings. The summed E-state index contributed by atoms with van der Waals surface area (Å²) in [5.74, 6) is -0.501. The average Bonchev–Trinajstić information content (AvgIpc) is 3.33. The Morgan fingerprint density at radius 3 is 2.28 bits per heavy atom. The van der Waals surface area contributed by atoms with Crippen molar-refractivity contribution >= 4 is 17.6 Å². The summed E-state index contributed by atoms with van der Waals surface area (Å²) < 4.78 is 25.1. The summed E-state index contributed by atoms with van der Waals surface area (Å²) in [5.41, 5.74) is 1.80. The molecule has 0 aliphatic carbocycles. The second kappa shape index (κ2) is 9.51. The molecule has 4 rings (SSSR count). The lowest BCUT2D eigenvalue weighted by atomic mass is 10.2. The molecule has 8 nitrogen and oxygen atoms in total. The van der Waals surface area contributed by atoms with E-state index in [2.05, 4.69) is 9.88 Å². The van der Waals surface area contributed by atoms with Crippen molar-refractivity contribution in [3.05, 3.63) is 72.6 Å². The number of carbonyl (C=O) groups is 2. The van der Waals surface area contributed by atoms with Gasteiger partial charge in [-0.2, -0.15) is 0 Å². The number of ether oxygens (including phenoxy) is 2. The summed E-state index contributed by atoms with van der Waals surface area (Å²) in [7, 11) is 1.63. The number of esters is 1. The van der Waals surface area contributed by atoms with Crippen LogP contribution in [0.4, 0.5) is 10.1 Å². The molecule has 0 N–H and O–H groups in total. The lowest BCUT2D eigenvalue weighted by molar-refractivity contribution is -0.134. The molecule has 0 spiro atoms. The number of imidazole rings is 1. The highest BCUT2D eigenvalue weighted by atomic mass is 19.1. The topological polar surface area (TPSA) is 76.9 Å². The zero-order valence-electron chi connectivity index (χ0n) is 17.6. The number of amides is 1. The quantitative estimate of drug-likeness (QED) is 0.551. The molecule has 0 bridgehead atoms. The Morgan fingerprint density at radius 1 is 0.969 bits per heavy atom. The van der Waals surface area contributed by atoms with Gasteiger partial charge in [-0.25, -0.2) is 14.2 Å². The molecule has 1 amide bonds. The number of benzene rings is 2. The molecule has 0 saturated carbocycles. The minimum absolute atomic E-state index is 0.161. The van der Waals surface area contributed by atoms with Gasteiger partial charge in [0.15, 0.2) is 12.3 Å². The van der Waals surface area contributed by atoms with Gasteiger partial charge >= 0.3 is 5.97 Å². The van der Waals surface area contributed by atoms with E-state index < -0.39 is 5.97 Å². The normalized spacial score (nSPS) is 13.7. The van der Waals surface area contributed by atoms with Crippen LogP contribution in [0.2, 0.25) is 0 Å². The van der Waals surface area contributed by atoms with E-state index in [0.29, 0.717) is 31.9 Å². The van der Waals surface area contributed by atoms with Crippen LogP contribution in [0, 0.1) is 5.82 Å². The fraction of sp³-hybridized carbons (Fsp3) is 0.261. The van der Waals surface area contributed by atoms with Crippen LogP contribution in [0.15, 0.2) is 61.1 Å². The Bertz CT molecular complexity index is 1070. The van der Waals surface area contributed by atoms with Crippen LogP contribution in [0.25, 0.3) is 5.69 Å². The lowest BCUT2D eigenvalue weighted by Crippen LogP contribution is -2.49. The van der Waals surface area contributed by atoms with E-state index in [1.54, 1.807) is 12.0 Å². The molecule has 0 unspecified atom stereocenters. The summed E-state index contributed by atoms with van der Waals surface area (Å²) in [5, 5.41) is 0. The monoisotopic (exact) mass is 438 g/mol. The summed E-state index contributed by atoms with van der Waals surface area (Å²) >= 11 is 0. The largest absolute Gasteiger partial charge is 0.497 e. The highest BCUT2D eigenvalue weighted by Gasteiger charge is 2.23. The summed E-state index contributed by atoms with van der Waals surface area (Å²) in [6.45, 7) is 2.09. The van der Waals surface area contributed by atoms with Crippen molar-refractivity contribution in [2.24, 2.45) is 0 Å². The number of rotatable bonds is 6. The van der Waals surface area contributed by atoms with Crippen LogP contribution >= 0.6 is 0 Å². The van der Waals surface area contributed by atoms with Gasteiger partial charge in [-0.15, -0.1) is 0 Å². The van der Waals surface area contributed by atoms with Crippen LogP contribution in [-0.4, -0.2) is 66.2 Å². The predicted molar refractivity (Wildman–Crippen MR) is 116 cm³/mol. The van der Waals surface area contributed by atoms with Crippen LogP contribution < -0.4 is 9.64 Å². The molecule has 32 heavy (non-hydrogen) atoms. The van der Waals surface area contributed by atoms with E-state index >= 15 is 0 Å². The van der Waals surface area contributed by atoms with Crippen molar-refractivity contribution in [2.45, 2.75) is 0 Å². The second-order valence-electron chi connectivity index (χ2n) is 7.27. The highest BCUT2D eigenvalue weighted by molar-refractivity contribution is 5.90. The third kappa shape index (κ3) is 4.72. The molecule has 1 aromatic heterocycles. The minimum atomic E-state index is -0.669. The third-order valence-electron chi connectivity index (χ3n) is 5.35. The maximum Gasteiger partial charge on any atom is 0.357 e. The van der Waals surface area contributed by atoms with Crippen LogP contribution in [0.5, 0.6) is 5.75 Å². The number of methoxy groups -OCH3 is 1. The molecule has 9 heteroatoms. The van der Waals surface area contributed by atoms with Crippen LogP contribution in [0.1, 0.15) is 10.5 Å². The molecule has 1 aliphatic heterocycles. The van der Waals surface area contributed by atoms with E-state index in [1.165, 1.54) is 41.4 Å². The van der Waals surface area contributed by atoms with Gasteiger partial charge in [-0.3, -0.25) is 9.36 Å². The standard InChI is InChI=1S/C23H23FN4O4/c1-31-20-8-6-18(7-9-20)26-10-12-27(13-11-26)22(29)15-32-23(30)21-14-25-16-28(21)19-4-2-17(24)3-5-19/h2-9,14,16H,10-13,15H2,1H3. The molecule has 2 heterocycles. The maximum absolute atomic E-state index is 13.2. The molecular formula is C23H23FN4O4. The first kappa shape index (κ1) is 21.4. The van der Waals surface area contributed by atoms with Gasteiger partial charge in [0.25, 0.3) is 5.91 Å². The molecular weight excluding hydrogens is 415 g/mol. The summed E-state index contributed by atoms with van der Waals surface area (Å²) in [6, 6.07) is 13.4. The number of piperazine rings is 1. The first-order valence-electron chi connectivity index (χ1n) is 10.2. The number of halogens is 1. The first-order valence-corrected chi connectivity index (χ1v) is 10.2. The van der Waals surface area contributed by atoms with Crippen molar-refractivity contribution in [1.29, 1.82) is 0 Å². The summed E-state index contributed by atoms with van der Waals surface area (Å²) in [6.07, 6.45) is 2.79. The Kier molecular flexibility index (Phi) is 6.34. The van der Waals surface area contributed by atoms with Gasteiger partial charge in [0.05, 0.1) is 19.6 Å². The Hall–Kier alpha value is -3.88. The van der Waals surface area contributed by atoms with Gasteiger partial charge in [-0.1, -0.05) is 0 Å². The van der Waals surface area contributed by atoms with E-state index in [4.69, 9.17) is 9.47 Å². The van der Waals surface area contributed by atoms with Gasteiger partial charge in [0.2, 0.25) is 0 Å². The first-order chi connectivity index (χ1) is 15.5.